The first kappa shape index (κ1) is 20.4. The largest absolute Gasteiger partial charge is 0.353 e. The molecule has 0 spiro atoms. The molecule has 0 N–H and O–H groups in total. The summed E-state index contributed by atoms with van der Waals surface area (Å²) in [5, 5.41) is 1.13. The van der Waals surface area contributed by atoms with Gasteiger partial charge in [-0.1, -0.05) is 15.9 Å². The first-order valence-corrected chi connectivity index (χ1v) is 13.2. The summed E-state index contributed by atoms with van der Waals surface area (Å²) in [5.74, 6) is 2.41. The smallest absolute Gasteiger partial charge is 0.243 e. The molecule has 0 amide bonds. The van der Waals surface area contributed by atoms with Crippen LogP contribution in [-0.4, -0.2) is 48.9 Å². The summed E-state index contributed by atoms with van der Waals surface area (Å²) in [6.45, 7) is 6.41. The average molecular weight is 507 g/mol. The maximum Gasteiger partial charge on any atom is 0.243 e. The number of piperazine rings is 1. The third-order valence-electron chi connectivity index (χ3n) is 5.96. The monoisotopic (exact) mass is 506 g/mol. The minimum Gasteiger partial charge on any atom is -0.353 e. The van der Waals surface area contributed by atoms with Crippen molar-refractivity contribution in [2.45, 2.75) is 37.5 Å². The fourth-order valence-electron chi connectivity index (χ4n) is 3.89. The second-order valence-electron chi connectivity index (χ2n) is 7.99. The summed E-state index contributed by atoms with van der Waals surface area (Å²) >= 11 is 5.09. The van der Waals surface area contributed by atoms with Crippen molar-refractivity contribution in [3.05, 3.63) is 45.0 Å². The summed E-state index contributed by atoms with van der Waals surface area (Å²) in [5.41, 5.74) is 1.23. The van der Waals surface area contributed by atoms with Crippen LogP contribution in [0.2, 0.25) is 0 Å². The minimum atomic E-state index is -3.49. The number of hydrogen-bond donors (Lipinski definition) is 0. The van der Waals surface area contributed by atoms with Gasteiger partial charge in [0.2, 0.25) is 10.0 Å². The number of anilines is 1. The van der Waals surface area contributed by atoms with Crippen LogP contribution < -0.4 is 4.90 Å². The molecular weight excluding hydrogens is 484 g/mol. The van der Waals surface area contributed by atoms with Gasteiger partial charge in [0.25, 0.3) is 0 Å². The Kier molecular flexibility index (Phi) is 5.12. The number of fused-ring (bicyclic) bond motifs is 1. The fraction of sp³-hybridized carbons (Fsp3) is 0.429. The molecule has 1 aliphatic carbocycles. The molecule has 9 heteroatoms. The molecular formula is C21H23BrN4O2S2. The SMILES string of the molecule is Cc1sc2nc(C3CC3)nc(N3CCN(S(=O)(=O)c4ccc(Br)cc4)CC3)c2c1C. The average Bonchev–Trinajstić information content (AvgIpc) is 3.54. The Balaban J connectivity index is 1.43. The summed E-state index contributed by atoms with van der Waals surface area (Å²) in [6, 6.07) is 6.84. The lowest BCUT2D eigenvalue weighted by molar-refractivity contribution is 0.384. The molecule has 1 aliphatic heterocycles. The van der Waals surface area contributed by atoms with Gasteiger partial charge in [-0.2, -0.15) is 4.31 Å². The Morgan fingerprint density at radius 2 is 1.70 bits per heavy atom. The van der Waals surface area contributed by atoms with E-state index in [0.29, 0.717) is 37.0 Å². The molecule has 0 atom stereocenters. The lowest BCUT2D eigenvalue weighted by Gasteiger charge is -2.35. The molecule has 1 saturated heterocycles. The van der Waals surface area contributed by atoms with Crippen LogP contribution in [0.25, 0.3) is 10.2 Å². The van der Waals surface area contributed by atoms with Crippen molar-refractivity contribution < 1.29 is 8.42 Å². The first-order chi connectivity index (χ1) is 14.3. The van der Waals surface area contributed by atoms with Gasteiger partial charge in [0.05, 0.1) is 10.3 Å². The van der Waals surface area contributed by atoms with E-state index >= 15 is 0 Å². The first-order valence-electron chi connectivity index (χ1n) is 10.1. The second-order valence-corrected chi connectivity index (χ2v) is 12.0. The molecule has 158 valence electrons. The van der Waals surface area contributed by atoms with Crippen molar-refractivity contribution in [2.24, 2.45) is 0 Å². The molecule has 1 saturated carbocycles. The highest BCUT2D eigenvalue weighted by Gasteiger charge is 2.32. The van der Waals surface area contributed by atoms with Crippen LogP contribution in [-0.2, 0) is 10.0 Å². The molecule has 2 fully saturated rings. The number of thiophene rings is 1. The van der Waals surface area contributed by atoms with E-state index in [1.807, 2.05) is 0 Å². The van der Waals surface area contributed by atoms with Crippen molar-refractivity contribution in [1.29, 1.82) is 0 Å². The van der Waals surface area contributed by atoms with Gasteiger partial charge in [-0.15, -0.1) is 11.3 Å². The Labute approximate surface area is 189 Å². The van der Waals surface area contributed by atoms with E-state index < -0.39 is 10.0 Å². The topological polar surface area (TPSA) is 66.4 Å². The Morgan fingerprint density at radius 3 is 2.33 bits per heavy atom. The van der Waals surface area contributed by atoms with E-state index in [9.17, 15) is 8.42 Å². The summed E-state index contributed by atoms with van der Waals surface area (Å²) < 4.78 is 28.5. The maximum absolute atomic E-state index is 13.0. The second kappa shape index (κ2) is 7.55. The number of aromatic nitrogens is 2. The van der Waals surface area contributed by atoms with Crippen LogP contribution in [0, 0.1) is 13.8 Å². The van der Waals surface area contributed by atoms with Gasteiger partial charge in [0.1, 0.15) is 16.5 Å². The number of rotatable bonds is 4. The zero-order chi connectivity index (χ0) is 21.0. The van der Waals surface area contributed by atoms with Crippen molar-refractivity contribution >= 4 is 53.3 Å². The van der Waals surface area contributed by atoms with Crippen LogP contribution in [0.15, 0.2) is 33.6 Å². The molecule has 1 aromatic carbocycles. The molecule has 30 heavy (non-hydrogen) atoms. The molecule has 0 bridgehead atoms. The van der Waals surface area contributed by atoms with Crippen LogP contribution in [0.1, 0.15) is 35.0 Å². The van der Waals surface area contributed by atoms with Crippen LogP contribution in [0.3, 0.4) is 0 Å². The van der Waals surface area contributed by atoms with E-state index in [0.717, 1.165) is 39.2 Å². The lowest BCUT2D eigenvalue weighted by atomic mass is 10.2. The Hall–Kier alpha value is -1.55. The van der Waals surface area contributed by atoms with Crippen molar-refractivity contribution in [2.75, 3.05) is 31.1 Å². The molecule has 5 rings (SSSR count). The van der Waals surface area contributed by atoms with Crippen molar-refractivity contribution in [3.8, 4) is 0 Å². The highest BCUT2D eigenvalue weighted by molar-refractivity contribution is 9.10. The van der Waals surface area contributed by atoms with Crippen LogP contribution >= 0.6 is 27.3 Å². The van der Waals surface area contributed by atoms with E-state index in [1.54, 1.807) is 39.9 Å². The number of halogens is 1. The zero-order valence-corrected chi connectivity index (χ0v) is 20.1. The number of hydrogen-bond acceptors (Lipinski definition) is 6. The van der Waals surface area contributed by atoms with E-state index in [2.05, 4.69) is 34.7 Å². The summed E-state index contributed by atoms with van der Waals surface area (Å²) in [7, 11) is -3.49. The molecule has 3 aromatic rings. The Morgan fingerprint density at radius 1 is 1.03 bits per heavy atom. The lowest BCUT2D eigenvalue weighted by Crippen LogP contribution is -2.49. The quantitative estimate of drug-likeness (QED) is 0.522. The Bertz CT molecular complexity index is 1210. The number of benzene rings is 1. The number of nitrogens with zero attached hydrogens (tertiary/aromatic N) is 4. The molecule has 2 aromatic heterocycles. The van der Waals surface area contributed by atoms with E-state index in [1.165, 1.54) is 10.4 Å². The molecule has 6 nitrogen and oxygen atoms in total. The van der Waals surface area contributed by atoms with Crippen molar-refractivity contribution in [1.82, 2.24) is 14.3 Å². The normalized spacial score (nSPS) is 18.3. The van der Waals surface area contributed by atoms with Crippen LogP contribution in [0.4, 0.5) is 5.82 Å². The highest BCUT2D eigenvalue weighted by Crippen LogP contribution is 2.42. The molecule has 0 radical (unpaired) electrons. The third-order valence-corrected chi connectivity index (χ3v) is 9.50. The number of sulfonamides is 1. The van der Waals surface area contributed by atoms with Crippen LogP contribution in [0.5, 0.6) is 0 Å². The fourth-order valence-corrected chi connectivity index (χ4v) is 6.61. The molecule has 3 heterocycles. The van der Waals surface area contributed by atoms with E-state index in [4.69, 9.17) is 9.97 Å². The van der Waals surface area contributed by atoms with Gasteiger partial charge >= 0.3 is 0 Å². The predicted octanol–water partition coefficient (Wildman–Crippen LogP) is 4.46. The van der Waals surface area contributed by atoms with Crippen molar-refractivity contribution in [3.63, 3.8) is 0 Å². The predicted molar refractivity (Wildman–Crippen MR) is 124 cm³/mol. The standard InChI is InChI=1S/C21H23BrN4O2S2/c1-13-14(2)29-21-18(13)20(23-19(24-21)15-3-4-15)25-9-11-26(12-10-25)30(27,28)17-7-5-16(22)6-8-17/h5-8,15H,3-4,9-12H2,1-2H3. The summed E-state index contributed by atoms with van der Waals surface area (Å²) in [6.07, 6.45) is 2.32. The van der Waals surface area contributed by atoms with Gasteiger partial charge in [-0.3, -0.25) is 0 Å². The third kappa shape index (κ3) is 3.55. The van der Waals surface area contributed by atoms with Gasteiger partial charge in [0, 0.05) is 41.4 Å². The molecule has 2 aliphatic rings. The van der Waals surface area contributed by atoms with Gasteiger partial charge in [-0.25, -0.2) is 18.4 Å². The van der Waals surface area contributed by atoms with E-state index in [-0.39, 0.29) is 0 Å². The van der Waals surface area contributed by atoms with Gasteiger partial charge in [0.15, 0.2) is 0 Å². The van der Waals surface area contributed by atoms with Gasteiger partial charge in [-0.05, 0) is 56.5 Å². The minimum absolute atomic E-state index is 0.337. The zero-order valence-electron chi connectivity index (χ0n) is 16.9. The molecule has 0 unspecified atom stereocenters. The maximum atomic E-state index is 13.0. The van der Waals surface area contributed by atoms with Gasteiger partial charge < -0.3 is 4.90 Å². The highest BCUT2D eigenvalue weighted by atomic mass is 79.9. The summed E-state index contributed by atoms with van der Waals surface area (Å²) in [4.78, 5) is 14.7. The number of aryl methyl sites for hydroxylation is 2.